The summed E-state index contributed by atoms with van der Waals surface area (Å²) in [6.45, 7) is 5.59. The van der Waals surface area contributed by atoms with Gasteiger partial charge in [-0.05, 0) is 17.5 Å². The molecule has 1 aromatic rings. The van der Waals surface area contributed by atoms with Crippen molar-refractivity contribution in [3.63, 3.8) is 0 Å². The minimum absolute atomic E-state index is 0. The van der Waals surface area contributed by atoms with Gasteiger partial charge in [0.1, 0.15) is 5.75 Å². The number of phenolic OH excluding ortho intramolecular Hbond substituents is 1. The molecule has 6 heteroatoms. The summed E-state index contributed by atoms with van der Waals surface area (Å²) in [7, 11) is 0. The summed E-state index contributed by atoms with van der Waals surface area (Å²) >= 11 is 11.7. The molecule has 104 valence electrons. The number of halogens is 3. The van der Waals surface area contributed by atoms with Gasteiger partial charge in [-0.3, -0.25) is 0 Å². The molecule has 0 spiro atoms. The smallest absolute Gasteiger partial charge is 0.139 e. The van der Waals surface area contributed by atoms with Crippen molar-refractivity contribution in [2.24, 2.45) is 11.1 Å². The van der Waals surface area contributed by atoms with Gasteiger partial charge in [0.15, 0.2) is 0 Å². The third-order valence-corrected chi connectivity index (χ3v) is 3.15. The van der Waals surface area contributed by atoms with Crippen molar-refractivity contribution in [3.8, 4) is 5.75 Å². The second-order valence-electron chi connectivity index (χ2n) is 5.16. The van der Waals surface area contributed by atoms with E-state index in [2.05, 4.69) is 0 Å². The van der Waals surface area contributed by atoms with E-state index < -0.39 is 17.6 Å². The van der Waals surface area contributed by atoms with Crippen molar-refractivity contribution in [1.29, 1.82) is 0 Å². The summed E-state index contributed by atoms with van der Waals surface area (Å²) in [5, 5.41) is 20.4. The van der Waals surface area contributed by atoms with Crippen LogP contribution in [0.25, 0.3) is 0 Å². The zero-order valence-corrected chi connectivity index (χ0v) is 12.8. The molecular weight excluding hydrogens is 296 g/mol. The topological polar surface area (TPSA) is 66.5 Å². The van der Waals surface area contributed by atoms with Crippen LogP contribution >= 0.6 is 35.6 Å². The molecule has 3 nitrogen and oxygen atoms in total. The maximum absolute atomic E-state index is 10.1. The van der Waals surface area contributed by atoms with Crippen LogP contribution in [0.15, 0.2) is 12.1 Å². The predicted octanol–water partition coefficient (Wildman–Crippen LogP) is 3.53. The normalized spacial score (nSPS) is 14.8. The Bertz CT molecular complexity index is 419. The van der Waals surface area contributed by atoms with Gasteiger partial charge in [0.05, 0.1) is 17.2 Å². The highest BCUT2D eigenvalue weighted by Crippen LogP contribution is 2.38. The molecule has 0 aliphatic heterocycles. The molecule has 0 aliphatic rings. The fourth-order valence-electron chi connectivity index (χ4n) is 1.55. The fraction of sp³-hybridized carbons (Fsp3) is 0.500. The van der Waals surface area contributed by atoms with E-state index in [1.807, 2.05) is 20.8 Å². The molecule has 1 aromatic carbocycles. The number of rotatable bonds is 2. The number of phenols is 1. The van der Waals surface area contributed by atoms with Crippen LogP contribution in [0.5, 0.6) is 5.75 Å². The molecule has 0 radical (unpaired) electrons. The Morgan fingerprint density at radius 3 is 2.17 bits per heavy atom. The number of benzene rings is 1. The number of aromatic hydroxyl groups is 1. The Hall–Kier alpha value is -0.190. The van der Waals surface area contributed by atoms with E-state index in [0.717, 1.165) is 0 Å². The molecule has 0 amide bonds. The quantitative estimate of drug-likeness (QED) is 0.782. The fourth-order valence-corrected chi connectivity index (χ4v) is 2.06. The zero-order valence-electron chi connectivity index (χ0n) is 10.4. The first-order valence-electron chi connectivity index (χ1n) is 5.26. The van der Waals surface area contributed by atoms with E-state index in [1.165, 1.54) is 12.1 Å². The summed E-state index contributed by atoms with van der Waals surface area (Å²) in [5.41, 5.74) is 5.89. The van der Waals surface area contributed by atoms with Crippen LogP contribution in [0.1, 0.15) is 32.4 Å². The van der Waals surface area contributed by atoms with E-state index in [1.54, 1.807) is 0 Å². The first kappa shape index (κ1) is 17.8. The summed E-state index contributed by atoms with van der Waals surface area (Å²) in [6, 6.07) is 2.20. The van der Waals surface area contributed by atoms with Crippen LogP contribution in [-0.2, 0) is 0 Å². The molecule has 0 aromatic heterocycles. The average molecular weight is 315 g/mol. The van der Waals surface area contributed by atoms with Crippen LogP contribution in [0.3, 0.4) is 0 Å². The summed E-state index contributed by atoms with van der Waals surface area (Å²) in [6.07, 6.45) is -0.817. The largest absolute Gasteiger partial charge is 0.506 e. The Balaban J connectivity index is 0.00000289. The molecule has 0 saturated heterocycles. The third-order valence-electron chi connectivity index (χ3n) is 2.64. The van der Waals surface area contributed by atoms with Gasteiger partial charge in [0.25, 0.3) is 0 Å². The lowest BCUT2D eigenvalue weighted by Gasteiger charge is -2.31. The number of aliphatic hydroxyl groups is 1. The standard InChI is InChI=1S/C12H17Cl2NO2.ClH/c1-12(2,3)11(17)9(15)7-4-6(13)5-8(14)10(7)16;/h4-5,9,11,16-17H,15H2,1-3H3;1H/t9-,11-;/m0./s1. The monoisotopic (exact) mass is 313 g/mol. The third kappa shape index (κ3) is 3.90. The van der Waals surface area contributed by atoms with Crippen molar-refractivity contribution in [2.45, 2.75) is 32.9 Å². The van der Waals surface area contributed by atoms with Crippen LogP contribution in [-0.4, -0.2) is 16.3 Å². The molecular formula is C12H18Cl3NO2. The van der Waals surface area contributed by atoms with E-state index >= 15 is 0 Å². The maximum atomic E-state index is 10.1. The van der Waals surface area contributed by atoms with E-state index in [-0.39, 0.29) is 23.2 Å². The van der Waals surface area contributed by atoms with E-state index in [9.17, 15) is 10.2 Å². The first-order chi connectivity index (χ1) is 7.64. The lowest BCUT2D eigenvalue weighted by Crippen LogP contribution is -2.37. The Morgan fingerprint density at radius 2 is 1.72 bits per heavy atom. The molecule has 18 heavy (non-hydrogen) atoms. The summed E-state index contributed by atoms with van der Waals surface area (Å²) in [4.78, 5) is 0. The van der Waals surface area contributed by atoms with Gasteiger partial charge in [-0.2, -0.15) is 0 Å². The van der Waals surface area contributed by atoms with Crippen molar-refractivity contribution in [2.75, 3.05) is 0 Å². The van der Waals surface area contributed by atoms with Crippen molar-refractivity contribution in [3.05, 3.63) is 27.7 Å². The number of aliphatic hydroxyl groups excluding tert-OH is 1. The number of nitrogens with two attached hydrogens (primary N) is 1. The predicted molar refractivity (Wildman–Crippen MR) is 77.8 cm³/mol. The Kier molecular flexibility index (Phi) is 6.24. The van der Waals surface area contributed by atoms with Gasteiger partial charge < -0.3 is 15.9 Å². The maximum Gasteiger partial charge on any atom is 0.139 e. The van der Waals surface area contributed by atoms with Gasteiger partial charge in [0, 0.05) is 10.6 Å². The Morgan fingerprint density at radius 1 is 1.22 bits per heavy atom. The van der Waals surface area contributed by atoms with Gasteiger partial charge in [0.2, 0.25) is 0 Å². The van der Waals surface area contributed by atoms with Crippen molar-refractivity contribution >= 4 is 35.6 Å². The minimum Gasteiger partial charge on any atom is -0.506 e. The molecule has 0 unspecified atom stereocenters. The molecule has 0 heterocycles. The van der Waals surface area contributed by atoms with Crippen LogP contribution in [0.2, 0.25) is 10.0 Å². The highest BCUT2D eigenvalue weighted by molar-refractivity contribution is 6.35. The SMILES string of the molecule is CC(C)(C)[C@@H](O)[C@@H](N)c1cc(Cl)cc(Cl)c1O.Cl. The molecule has 0 saturated carbocycles. The minimum atomic E-state index is -0.817. The molecule has 4 N–H and O–H groups in total. The lowest BCUT2D eigenvalue weighted by molar-refractivity contribution is 0.0395. The van der Waals surface area contributed by atoms with Crippen molar-refractivity contribution in [1.82, 2.24) is 0 Å². The van der Waals surface area contributed by atoms with Crippen LogP contribution in [0.4, 0.5) is 0 Å². The summed E-state index contributed by atoms with van der Waals surface area (Å²) in [5.74, 6) is -0.133. The van der Waals surface area contributed by atoms with Crippen molar-refractivity contribution < 1.29 is 10.2 Å². The van der Waals surface area contributed by atoms with Gasteiger partial charge in [-0.25, -0.2) is 0 Å². The van der Waals surface area contributed by atoms with Gasteiger partial charge in [-0.15, -0.1) is 12.4 Å². The average Bonchev–Trinajstić information content (AvgIpc) is 2.20. The molecule has 0 aliphatic carbocycles. The molecule has 1 rings (SSSR count). The van der Waals surface area contributed by atoms with Crippen LogP contribution in [0, 0.1) is 5.41 Å². The Labute approximate surface area is 123 Å². The zero-order chi connectivity index (χ0) is 13.4. The highest BCUT2D eigenvalue weighted by Gasteiger charge is 2.31. The van der Waals surface area contributed by atoms with Crippen LogP contribution < -0.4 is 5.73 Å². The van der Waals surface area contributed by atoms with E-state index in [0.29, 0.717) is 10.6 Å². The van der Waals surface area contributed by atoms with Gasteiger partial charge >= 0.3 is 0 Å². The molecule has 2 atom stereocenters. The molecule has 0 fully saturated rings. The number of hydrogen-bond donors (Lipinski definition) is 3. The second-order valence-corrected chi connectivity index (χ2v) is 6.01. The first-order valence-corrected chi connectivity index (χ1v) is 6.01. The number of hydrogen-bond acceptors (Lipinski definition) is 3. The van der Waals surface area contributed by atoms with E-state index in [4.69, 9.17) is 28.9 Å². The second kappa shape index (κ2) is 6.31. The summed E-state index contributed by atoms with van der Waals surface area (Å²) < 4.78 is 0. The highest BCUT2D eigenvalue weighted by atomic mass is 35.5. The molecule has 0 bridgehead atoms. The lowest BCUT2D eigenvalue weighted by atomic mass is 9.82. The van der Waals surface area contributed by atoms with Gasteiger partial charge in [-0.1, -0.05) is 44.0 Å².